The molecular formula is C24H30BNO8. The standard InChI is InChI=1S/C24H30BNO8/c1-22(2,3)32-21(30)26-13-15(25-33-23(4,5)24(6,7)34-25)10-14-8-9-18-16(11-14)17(27)12-19(31-18)20(28)29/h8-12H,13H2,1-7H3,(H,26,30)(H,28,29). The van der Waals surface area contributed by atoms with E-state index in [-0.39, 0.29) is 17.5 Å². The molecule has 1 aromatic carbocycles. The first-order valence-corrected chi connectivity index (χ1v) is 10.9. The Bertz CT molecular complexity index is 1190. The molecule has 0 radical (unpaired) electrons. The molecule has 0 aliphatic carbocycles. The molecule has 34 heavy (non-hydrogen) atoms. The van der Waals surface area contributed by atoms with Crippen LogP contribution in [0.3, 0.4) is 0 Å². The Morgan fingerprint density at radius 1 is 1.12 bits per heavy atom. The third-order valence-corrected chi connectivity index (χ3v) is 5.71. The Balaban J connectivity index is 1.97. The van der Waals surface area contributed by atoms with Gasteiger partial charge < -0.3 is 28.9 Å². The van der Waals surface area contributed by atoms with E-state index in [0.717, 1.165) is 6.07 Å². The van der Waals surface area contributed by atoms with E-state index in [0.29, 0.717) is 11.0 Å². The van der Waals surface area contributed by atoms with Crippen LogP contribution in [0.25, 0.3) is 17.0 Å². The zero-order valence-corrected chi connectivity index (χ0v) is 20.5. The summed E-state index contributed by atoms with van der Waals surface area (Å²) in [6, 6.07) is 5.73. The molecule has 2 N–H and O–H groups in total. The van der Waals surface area contributed by atoms with Crippen LogP contribution in [0.15, 0.2) is 38.9 Å². The molecule has 2 aromatic rings. The van der Waals surface area contributed by atoms with E-state index in [1.807, 2.05) is 27.7 Å². The lowest BCUT2D eigenvalue weighted by Crippen LogP contribution is -2.41. The van der Waals surface area contributed by atoms with Crippen LogP contribution in [0.1, 0.15) is 64.6 Å². The molecule has 0 atom stereocenters. The molecule has 0 unspecified atom stereocenters. The largest absolute Gasteiger partial charge is 0.492 e. The molecule has 182 valence electrons. The van der Waals surface area contributed by atoms with Gasteiger partial charge in [0.15, 0.2) is 5.43 Å². The van der Waals surface area contributed by atoms with Crippen molar-refractivity contribution in [1.82, 2.24) is 5.32 Å². The summed E-state index contributed by atoms with van der Waals surface area (Å²) in [5.74, 6) is -1.75. The molecule has 1 amide bonds. The molecule has 1 aromatic heterocycles. The summed E-state index contributed by atoms with van der Waals surface area (Å²) in [7, 11) is -0.749. The van der Waals surface area contributed by atoms with E-state index in [1.54, 1.807) is 39.0 Å². The maximum Gasteiger partial charge on any atom is 0.492 e. The van der Waals surface area contributed by atoms with Crippen LogP contribution in [0.4, 0.5) is 4.79 Å². The van der Waals surface area contributed by atoms with Crippen molar-refractivity contribution in [2.75, 3.05) is 6.54 Å². The van der Waals surface area contributed by atoms with Gasteiger partial charge >= 0.3 is 19.2 Å². The Labute approximate surface area is 198 Å². The summed E-state index contributed by atoms with van der Waals surface area (Å²) >= 11 is 0. The Kier molecular flexibility index (Phi) is 6.70. The van der Waals surface area contributed by atoms with E-state index >= 15 is 0 Å². The average Bonchev–Trinajstić information content (AvgIpc) is 2.91. The van der Waals surface area contributed by atoms with Crippen molar-refractivity contribution in [1.29, 1.82) is 0 Å². The van der Waals surface area contributed by atoms with Gasteiger partial charge in [0, 0.05) is 12.6 Å². The van der Waals surface area contributed by atoms with Gasteiger partial charge in [-0.25, -0.2) is 9.59 Å². The van der Waals surface area contributed by atoms with Crippen molar-refractivity contribution in [3.05, 3.63) is 51.3 Å². The van der Waals surface area contributed by atoms with Crippen molar-refractivity contribution in [2.45, 2.75) is 65.3 Å². The molecule has 9 nitrogen and oxygen atoms in total. The van der Waals surface area contributed by atoms with E-state index in [2.05, 4.69) is 5.32 Å². The van der Waals surface area contributed by atoms with Crippen molar-refractivity contribution in [2.24, 2.45) is 0 Å². The maximum absolute atomic E-state index is 12.4. The number of fused-ring (bicyclic) bond motifs is 1. The van der Waals surface area contributed by atoms with Crippen LogP contribution in [0.5, 0.6) is 0 Å². The number of alkyl carbamates (subject to hydrolysis) is 1. The number of aromatic carboxylic acids is 1. The van der Waals surface area contributed by atoms with Crippen LogP contribution in [0, 0.1) is 0 Å². The predicted molar refractivity (Wildman–Crippen MR) is 128 cm³/mol. The van der Waals surface area contributed by atoms with Gasteiger partial charge in [0.25, 0.3) is 0 Å². The minimum atomic E-state index is -1.32. The predicted octanol–water partition coefficient (Wildman–Crippen LogP) is 4.03. The first-order valence-electron chi connectivity index (χ1n) is 10.9. The number of rotatable bonds is 5. The van der Waals surface area contributed by atoms with Crippen LogP contribution in [-0.2, 0) is 14.0 Å². The molecule has 2 heterocycles. The van der Waals surface area contributed by atoms with Gasteiger partial charge in [-0.05, 0) is 71.6 Å². The second kappa shape index (κ2) is 8.92. The Morgan fingerprint density at radius 3 is 2.29 bits per heavy atom. The number of ether oxygens (including phenoxy) is 1. The highest BCUT2D eigenvalue weighted by Crippen LogP contribution is 2.38. The van der Waals surface area contributed by atoms with Crippen LogP contribution < -0.4 is 10.7 Å². The number of benzene rings is 1. The van der Waals surface area contributed by atoms with E-state index in [4.69, 9.17) is 23.6 Å². The van der Waals surface area contributed by atoms with Crippen molar-refractivity contribution in [3.63, 3.8) is 0 Å². The fraction of sp³-hybridized carbons (Fsp3) is 0.458. The number of carboxylic acid groups (broad SMARTS) is 1. The molecule has 1 aliphatic heterocycles. The molecule has 0 saturated carbocycles. The van der Waals surface area contributed by atoms with Gasteiger partial charge in [0.1, 0.15) is 11.2 Å². The van der Waals surface area contributed by atoms with Crippen molar-refractivity contribution < 1.29 is 33.2 Å². The molecule has 1 saturated heterocycles. The summed E-state index contributed by atoms with van der Waals surface area (Å²) in [6.45, 7) is 13.1. The summed E-state index contributed by atoms with van der Waals surface area (Å²) < 4.78 is 22.9. The summed E-state index contributed by atoms with van der Waals surface area (Å²) in [6.07, 6.45) is 1.17. The monoisotopic (exact) mass is 471 g/mol. The lowest BCUT2D eigenvalue weighted by atomic mass is 9.77. The van der Waals surface area contributed by atoms with Gasteiger partial charge in [-0.15, -0.1) is 0 Å². The van der Waals surface area contributed by atoms with Gasteiger partial charge in [-0.1, -0.05) is 12.1 Å². The second-order valence-electron chi connectivity index (χ2n) is 10.2. The molecule has 1 aliphatic rings. The van der Waals surface area contributed by atoms with Gasteiger partial charge in [0.05, 0.1) is 16.6 Å². The minimum Gasteiger partial charge on any atom is -0.475 e. The van der Waals surface area contributed by atoms with Gasteiger partial charge in [-0.3, -0.25) is 4.79 Å². The SMILES string of the molecule is CC(C)(C)OC(=O)NCC(=Cc1ccc2oc(C(=O)O)cc(=O)c2c1)B1OC(C)(C)C(C)(C)O1. The second-order valence-corrected chi connectivity index (χ2v) is 10.2. The number of carboxylic acids is 1. The lowest BCUT2D eigenvalue weighted by Gasteiger charge is -2.32. The normalized spacial score (nSPS) is 17.6. The topological polar surface area (TPSA) is 124 Å². The van der Waals surface area contributed by atoms with Crippen LogP contribution in [0.2, 0.25) is 0 Å². The van der Waals surface area contributed by atoms with Crippen molar-refractivity contribution in [3.8, 4) is 0 Å². The molecule has 1 fully saturated rings. The van der Waals surface area contributed by atoms with Crippen LogP contribution >= 0.6 is 0 Å². The highest BCUT2D eigenvalue weighted by molar-refractivity contribution is 6.56. The van der Waals surface area contributed by atoms with Gasteiger partial charge in [0.2, 0.25) is 5.76 Å². The lowest BCUT2D eigenvalue weighted by molar-refractivity contribution is 0.00578. The number of carbonyl (C=O) groups excluding carboxylic acids is 1. The zero-order valence-electron chi connectivity index (χ0n) is 20.5. The molecule has 10 heteroatoms. The Morgan fingerprint density at radius 2 is 1.74 bits per heavy atom. The minimum absolute atomic E-state index is 0.0797. The maximum atomic E-state index is 12.4. The number of hydrogen-bond donors (Lipinski definition) is 2. The van der Waals surface area contributed by atoms with Crippen molar-refractivity contribution >= 4 is 36.2 Å². The number of carbonyl (C=O) groups is 2. The highest BCUT2D eigenvalue weighted by atomic mass is 16.7. The summed E-state index contributed by atoms with van der Waals surface area (Å²) in [4.78, 5) is 35.9. The number of hydrogen-bond acceptors (Lipinski definition) is 7. The Hall–Kier alpha value is -3.11. The van der Waals surface area contributed by atoms with Crippen LogP contribution in [-0.4, -0.2) is 47.6 Å². The fourth-order valence-corrected chi connectivity index (χ4v) is 3.27. The number of nitrogens with one attached hydrogen (secondary N) is 1. The third-order valence-electron chi connectivity index (χ3n) is 5.71. The smallest absolute Gasteiger partial charge is 0.475 e. The van der Waals surface area contributed by atoms with E-state index in [1.165, 1.54) is 6.07 Å². The molecular weight excluding hydrogens is 441 g/mol. The zero-order chi connectivity index (χ0) is 25.5. The average molecular weight is 471 g/mol. The van der Waals surface area contributed by atoms with Gasteiger partial charge in [-0.2, -0.15) is 0 Å². The highest BCUT2D eigenvalue weighted by Gasteiger charge is 2.52. The fourth-order valence-electron chi connectivity index (χ4n) is 3.27. The molecule has 0 spiro atoms. The quantitative estimate of drug-likeness (QED) is 0.627. The summed E-state index contributed by atoms with van der Waals surface area (Å²) in [5, 5.41) is 12.1. The third kappa shape index (κ3) is 5.68. The number of amides is 1. The molecule has 0 bridgehead atoms. The summed E-state index contributed by atoms with van der Waals surface area (Å²) in [5.41, 5.74) is -0.932. The first-order chi connectivity index (χ1) is 15.6. The molecule has 3 rings (SSSR count). The van der Waals surface area contributed by atoms with E-state index < -0.39 is 47.2 Å². The first kappa shape index (κ1) is 25.5. The van der Waals surface area contributed by atoms with E-state index in [9.17, 15) is 14.4 Å².